The minimum Gasteiger partial charge on any atom is -0.416 e. The van der Waals surface area contributed by atoms with E-state index >= 15 is 0 Å². The lowest BCUT2D eigenvalue weighted by atomic mass is 10.0. The first-order valence-corrected chi connectivity index (χ1v) is 10.1. The van der Waals surface area contributed by atoms with Crippen LogP contribution in [0.25, 0.3) is 0 Å². The van der Waals surface area contributed by atoms with Gasteiger partial charge in [-0.3, -0.25) is 4.79 Å². The summed E-state index contributed by atoms with van der Waals surface area (Å²) in [5, 5.41) is 11.6. The Morgan fingerprint density at radius 1 is 1.07 bits per heavy atom. The van der Waals surface area contributed by atoms with Gasteiger partial charge in [0, 0.05) is 0 Å². The van der Waals surface area contributed by atoms with Crippen molar-refractivity contribution < 1.29 is 9.21 Å². The second-order valence-electron chi connectivity index (χ2n) is 6.23. The van der Waals surface area contributed by atoms with Crippen LogP contribution in [0.1, 0.15) is 42.8 Å². The van der Waals surface area contributed by atoms with E-state index in [-0.39, 0.29) is 17.7 Å². The van der Waals surface area contributed by atoms with Crippen LogP contribution in [0.4, 0.5) is 0 Å². The molecule has 3 rings (SSSR count). The monoisotopic (exact) mass is 381 g/mol. The van der Waals surface area contributed by atoms with Gasteiger partial charge in [0.15, 0.2) is 0 Å². The van der Waals surface area contributed by atoms with Gasteiger partial charge in [-0.2, -0.15) is 0 Å². The van der Waals surface area contributed by atoms with Gasteiger partial charge in [0.05, 0.1) is 18.2 Å². The number of benzene rings is 2. The Morgan fingerprint density at radius 3 is 2.48 bits per heavy atom. The van der Waals surface area contributed by atoms with Crippen LogP contribution in [0.15, 0.2) is 70.3 Å². The fourth-order valence-electron chi connectivity index (χ4n) is 2.80. The third-order valence-electron chi connectivity index (χ3n) is 4.09. The van der Waals surface area contributed by atoms with E-state index < -0.39 is 0 Å². The number of carbonyl (C=O) groups is 1. The van der Waals surface area contributed by atoms with Crippen molar-refractivity contribution in [2.24, 2.45) is 0 Å². The van der Waals surface area contributed by atoms with Crippen molar-refractivity contribution in [2.45, 2.75) is 37.5 Å². The first-order chi connectivity index (χ1) is 13.2. The quantitative estimate of drug-likeness (QED) is 0.556. The number of nitrogens with zero attached hydrogens (tertiary/aromatic N) is 2. The number of thioether (sulfide) groups is 1. The Balaban J connectivity index is 1.51. The zero-order valence-corrected chi connectivity index (χ0v) is 16.1. The highest BCUT2D eigenvalue weighted by Gasteiger charge is 2.15. The van der Waals surface area contributed by atoms with Gasteiger partial charge in [0.2, 0.25) is 11.8 Å². The van der Waals surface area contributed by atoms with Crippen LogP contribution in [0.2, 0.25) is 0 Å². The SMILES string of the molecule is CCC[C@H](NC(=O)CSc1nnc(Cc2ccccc2)o1)c1ccccc1. The van der Waals surface area contributed by atoms with Gasteiger partial charge in [-0.1, -0.05) is 85.8 Å². The van der Waals surface area contributed by atoms with Gasteiger partial charge in [-0.25, -0.2) is 0 Å². The largest absolute Gasteiger partial charge is 0.416 e. The lowest BCUT2D eigenvalue weighted by Crippen LogP contribution is -2.29. The van der Waals surface area contributed by atoms with Crippen LogP contribution < -0.4 is 5.32 Å². The highest BCUT2D eigenvalue weighted by Crippen LogP contribution is 2.20. The number of carbonyl (C=O) groups excluding carboxylic acids is 1. The van der Waals surface area contributed by atoms with Crippen LogP contribution in [-0.4, -0.2) is 21.9 Å². The topological polar surface area (TPSA) is 68.0 Å². The van der Waals surface area contributed by atoms with Crippen molar-refractivity contribution in [3.05, 3.63) is 77.7 Å². The minimum absolute atomic E-state index is 0.0284. The third-order valence-corrected chi connectivity index (χ3v) is 4.91. The number of amides is 1. The van der Waals surface area contributed by atoms with Crippen LogP contribution in [0, 0.1) is 0 Å². The molecule has 0 radical (unpaired) electrons. The molecule has 1 heterocycles. The zero-order valence-electron chi connectivity index (χ0n) is 15.3. The summed E-state index contributed by atoms with van der Waals surface area (Å²) >= 11 is 1.26. The number of rotatable bonds is 9. The smallest absolute Gasteiger partial charge is 0.277 e. The van der Waals surface area contributed by atoms with E-state index in [0.29, 0.717) is 17.5 Å². The number of nitrogens with one attached hydrogen (secondary N) is 1. The average Bonchev–Trinajstić information content (AvgIpc) is 3.15. The van der Waals surface area contributed by atoms with E-state index in [9.17, 15) is 4.79 Å². The van der Waals surface area contributed by atoms with Crippen molar-refractivity contribution in [1.29, 1.82) is 0 Å². The number of hydrogen-bond donors (Lipinski definition) is 1. The second-order valence-corrected chi connectivity index (χ2v) is 7.16. The van der Waals surface area contributed by atoms with Crippen LogP contribution in [-0.2, 0) is 11.2 Å². The second kappa shape index (κ2) is 9.92. The molecule has 1 amide bonds. The van der Waals surface area contributed by atoms with Crippen molar-refractivity contribution in [2.75, 3.05) is 5.75 Å². The van der Waals surface area contributed by atoms with Gasteiger partial charge in [0.25, 0.3) is 5.22 Å². The molecule has 0 aliphatic heterocycles. The van der Waals surface area contributed by atoms with E-state index in [2.05, 4.69) is 22.4 Å². The van der Waals surface area contributed by atoms with Gasteiger partial charge in [0.1, 0.15) is 0 Å². The molecule has 6 heteroatoms. The first kappa shape index (κ1) is 19.2. The zero-order chi connectivity index (χ0) is 18.9. The maximum absolute atomic E-state index is 12.4. The minimum atomic E-state index is -0.0369. The third kappa shape index (κ3) is 5.96. The molecule has 0 fully saturated rings. The predicted molar refractivity (Wildman–Crippen MR) is 107 cm³/mol. The number of aromatic nitrogens is 2. The summed E-state index contributed by atoms with van der Waals surface area (Å²) in [5.74, 6) is 0.766. The van der Waals surface area contributed by atoms with E-state index in [4.69, 9.17) is 4.42 Å². The molecule has 0 aliphatic carbocycles. The molecule has 0 unspecified atom stereocenters. The summed E-state index contributed by atoms with van der Waals surface area (Å²) in [5.41, 5.74) is 2.24. The highest BCUT2D eigenvalue weighted by atomic mass is 32.2. The van der Waals surface area contributed by atoms with Gasteiger partial charge in [-0.15, -0.1) is 10.2 Å². The highest BCUT2D eigenvalue weighted by molar-refractivity contribution is 7.99. The summed E-state index contributed by atoms with van der Waals surface area (Å²) in [6, 6.07) is 20.0. The Bertz CT molecular complexity index is 837. The molecular weight excluding hydrogens is 358 g/mol. The average molecular weight is 382 g/mol. The normalized spacial score (nSPS) is 11.9. The van der Waals surface area contributed by atoms with E-state index in [1.165, 1.54) is 11.8 Å². The lowest BCUT2D eigenvalue weighted by Gasteiger charge is -2.18. The predicted octanol–water partition coefficient (Wildman–Crippen LogP) is 4.41. The molecule has 0 saturated heterocycles. The molecule has 140 valence electrons. The molecule has 0 aliphatic rings. The fourth-order valence-corrected chi connectivity index (χ4v) is 3.39. The van der Waals surface area contributed by atoms with Gasteiger partial charge >= 0.3 is 0 Å². The lowest BCUT2D eigenvalue weighted by molar-refractivity contribution is -0.119. The van der Waals surface area contributed by atoms with Crippen LogP contribution >= 0.6 is 11.8 Å². The molecular formula is C21H23N3O2S. The summed E-state index contributed by atoms with van der Waals surface area (Å²) in [6.07, 6.45) is 2.49. The Kier molecular flexibility index (Phi) is 7.04. The van der Waals surface area contributed by atoms with E-state index in [1.807, 2.05) is 60.7 Å². The van der Waals surface area contributed by atoms with E-state index in [0.717, 1.165) is 24.0 Å². The Labute approximate surface area is 163 Å². The number of hydrogen-bond acceptors (Lipinski definition) is 5. The maximum atomic E-state index is 12.4. The van der Waals surface area contributed by atoms with Crippen molar-refractivity contribution in [1.82, 2.24) is 15.5 Å². The molecule has 1 atom stereocenters. The van der Waals surface area contributed by atoms with Crippen LogP contribution in [0.5, 0.6) is 0 Å². The van der Waals surface area contributed by atoms with Gasteiger partial charge in [-0.05, 0) is 17.5 Å². The fraction of sp³-hybridized carbons (Fsp3) is 0.286. The molecule has 1 N–H and O–H groups in total. The van der Waals surface area contributed by atoms with Gasteiger partial charge < -0.3 is 9.73 Å². The molecule has 3 aromatic rings. The standard InChI is InChI=1S/C21H23N3O2S/c1-2-9-18(17-12-7-4-8-13-17)22-19(25)15-27-21-24-23-20(26-21)14-16-10-5-3-6-11-16/h3-8,10-13,18H,2,9,14-15H2,1H3,(H,22,25)/t18-/m0/s1. The Hall–Kier alpha value is -2.60. The molecule has 0 spiro atoms. The molecule has 0 bridgehead atoms. The summed E-state index contributed by atoms with van der Waals surface area (Å²) < 4.78 is 5.64. The first-order valence-electron chi connectivity index (χ1n) is 9.08. The Morgan fingerprint density at radius 2 is 1.78 bits per heavy atom. The molecule has 1 aromatic heterocycles. The molecule has 0 saturated carbocycles. The van der Waals surface area contributed by atoms with Crippen molar-refractivity contribution in [3.8, 4) is 0 Å². The van der Waals surface area contributed by atoms with E-state index in [1.54, 1.807) is 0 Å². The maximum Gasteiger partial charge on any atom is 0.277 e. The molecule has 5 nitrogen and oxygen atoms in total. The van der Waals surface area contributed by atoms with Crippen molar-refractivity contribution >= 4 is 17.7 Å². The summed E-state index contributed by atoms with van der Waals surface area (Å²) in [4.78, 5) is 12.4. The summed E-state index contributed by atoms with van der Waals surface area (Å²) in [6.45, 7) is 2.11. The molecule has 27 heavy (non-hydrogen) atoms. The summed E-state index contributed by atoms with van der Waals surface area (Å²) in [7, 11) is 0. The van der Waals surface area contributed by atoms with Crippen LogP contribution in [0.3, 0.4) is 0 Å². The van der Waals surface area contributed by atoms with Crippen molar-refractivity contribution in [3.63, 3.8) is 0 Å². The molecule has 2 aromatic carbocycles.